The smallest absolute Gasteiger partial charge is 0.0346 e. The maximum absolute atomic E-state index is 6.03. The Balaban J connectivity index is 2.10. The average molecular weight is 226 g/mol. The number of nitrogens with zero attached hydrogens (tertiary/aromatic N) is 1. The molecule has 2 heteroatoms. The quantitative estimate of drug-likeness (QED) is 0.855. The molecule has 1 aromatic heterocycles. The van der Waals surface area contributed by atoms with Crippen molar-refractivity contribution in [1.82, 2.24) is 4.98 Å². The van der Waals surface area contributed by atoms with E-state index in [2.05, 4.69) is 29.2 Å². The molecular weight excluding hydrogens is 208 g/mol. The minimum absolute atomic E-state index is 0.234. The Morgan fingerprint density at radius 1 is 1.12 bits per heavy atom. The van der Waals surface area contributed by atoms with Gasteiger partial charge in [-0.15, -0.1) is 0 Å². The van der Waals surface area contributed by atoms with Gasteiger partial charge in [-0.2, -0.15) is 0 Å². The van der Waals surface area contributed by atoms with Gasteiger partial charge in [0, 0.05) is 29.7 Å². The van der Waals surface area contributed by atoms with Gasteiger partial charge in [0.25, 0.3) is 0 Å². The summed E-state index contributed by atoms with van der Waals surface area (Å²) in [5, 5.41) is 2.48. The van der Waals surface area contributed by atoms with Crippen LogP contribution in [0.15, 0.2) is 36.7 Å². The molecule has 0 aliphatic heterocycles. The highest BCUT2D eigenvalue weighted by Gasteiger charge is 2.34. The fourth-order valence-corrected chi connectivity index (χ4v) is 3.08. The summed E-state index contributed by atoms with van der Waals surface area (Å²) in [6.07, 6.45) is 8.87. The third kappa shape index (κ3) is 1.73. The molecule has 1 aromatic carbocycles. The number of aromatic nitrogens is 1. The van der Waals surface area contributed by atoms with E-state index in [0.29, 0.717) is 0 Å². The predicted molar refractivity (Wildman–Crippen MR) is 70.9 cm³/mol. The van der Waals surface area contributed by atoms with Crippen molar-refractivity contribution in [3.05, 3.63) is 42.2 Å². The van der Waals surface area contributed by atoms with Gasteiger partial charge in [-0.1, -0.05) is 31.0 Å². The number of benzene rings is 1. The molecule has 88 valence electrons. The summed E-state index contributed by atoms with van der Waals surface area (Å²) < 4.78 is 0. The number of fused-ring (bicyclic) bond motifs is 1. The summed E-state index contributed by atoms with van der Waals surface area (Å²) in [6.45, 7) is 0.767. The van der Waals surface area contributed by atoms with Crippen LogP contribution in [-0.2, 0) is 5.41 Å². The topological polar surface area (TPSA) is 38.9 Å². The third-order valence-corrected chi connectivity index (χ3v) is 4.20. The van der Waals surface area contributed by atoms with Crippen molar-refractivity contribution >= 4 is 10.8 Å². The van der Waals surface area contributed by atoms with E-state index < -0.39 is 0 Å². The molecule has 0 unspecified atom stereocenters. The van der Waals surface area contributed by atoms with E-state index in [9.17, 15) is 0 Å². The van der Waals surface area contributed by atoms with Gasteiger partial charge in [0.2, 0.25) is 0 Å². The van der Waals surface area contributed by atoms with Crippen molar-refractivity contribution in [2.75, 3.05) is 6.54 Å². The fourth-order valence-electron chi connectivity index (χ4n) is 3.08. The zero-order valence-corrected chi connectivity index (χ0v) is 10.0. The first-order chi connectivity index (χ1) is 8.34. The number of hydrogen-bond donors (Lipinski definition) is 1. The monoisotopic (exact) mass is 226 g/mol. The maximum Gasteiger partial charge on any atom is 0.0346 e. The molecule has 0 radical (unpaired) electrons. The van der Waals surface area contributed by atoms with Crippen LogP contribution in [0.5, 0.6) is 0 Å². The first-order valence-corrected chi connectivity index (χ1v) is 6.38. The summed E-state index contributed by atoms with van der Waals surface area (Å²) in [7, 11) is 0. The van der Waals surface area contributed by atoms with Crippen molar-refractivity contribution in [1.29, 1.82) is 0 Å². The number of pyridine rings is 1. The lowest BCUT2D eigenvalue weighted by molar-refractivity contribution is 0.453. The first kappa shape index (κ1) is 10.7. The van der Waals surface area contributed by atoms with E-state index in [-0.39, 0.29) is 5.41 Å². The molecule has 1 saturated carbocycles. The number of rotatable bonds is 2. The zero-order chi connectivity index (χ0) is 11.7. The second kappa shape index (κ2) is 4.11. The second-order valence-electron chi connectivity index (χ2n) is 5.13. The molecule has 0 amide bonds. The molecular formula is C15H18N2. The molecule has 1 fully saturated rings. The van der Waals surface area contributed by atoms with Gasteiger partial charge in [0.05, 0.1) is 0 Å². The molecule has 3 rings (SSSR count). The van der Waals surface area contributed by atoms with Gasteiger partial charge in [-0.05, 0) is 29.9 Å². The molecule has 0 atom stereocenters. The Morgan fingerprint density at radius 3 is 2.71 bits per heavy atom. The maximum atomic E-state index is 6.03. The molecule has 0 spiro atoms. The van der Waals surface area contributed by atoms with Crippen LogP contribution in [0.1, 0.15) is 31.2 Å². The van der Waals surface area contributed by atoms with Gasteiger partial charge in [-0.3, -0.25) is 4.98 Å². The van der Waals surface area contributed by atoms with Crippen LogP contribution < -0.4 is 5.73 Å². The average Bonchev–Trinajstić information content (AvgIpc) is 2.88. The molecule has 17 heavy (non-hydrogen) atoms. The Morgan fingerprint density at radius 2 is 1.94 bits per heavy atom. The lowest BCUT2D eigenvalue weighted by Crippen LogP contribution is -2.31. The summed E-state index contributed by atoms with van der Waals surface area (Å²) in [5.41, 5.74) is 7.68. The van der Waals surface area contributed by atoms with E-state index in [1.165, 1.54) is 42.0 Å². The minimum atomic E-state index is 0.234. The SMILES string of the molecule is NCC1(c2ccc3cnccc3c2)CCCC1. The Bertz CT molecular complexity index is 527. The first-order valence-electron chi connectivity index (χ1n) is 6.38. The van der Waals surface area contributed by atoms with Crippen LogP contribution in [0.2, 0.25) is 0 Å². The van der Waals surface area contributed by atoms with E-state index in [4.69, 9.17) is 5.73 Å². The highest BCUT2D eigenvalue weighted by molar-refractivity contribution is 5.82. The predicted octanol–water partition coefficient (Wildman–Crippen LogP) is 3.01. The van der Waals surface area contributed by atoms with Gasteiger partial charge in [-0.25, -0.2) is 0 Å². The Labute approximate surface area is 102 Å². The van der Waals surface area contributed by atoms with E-state index in [1.54, 1.807) is 0 Å². The molecule has 2 aromatic rings. The van der Waals surface area contributed by atoms with Crippen molar-refractivity contribution in [3.8, 4) is 0 Å². The van der Waals surface area contributed by atoms with Crippen LogP contribution >= 0.6 is 0 Å². The van der Waals surface area contributed by atoms with Gasteiger partial charge in [0.15, 0.2) is 0 Å². The van der Waals surface area contributed by atoms with E-state index in [1.807, 2.05) is 12.4 Å². The largest absolute Gasteiger partial charge is 0.330 e. The van der Waals surface area contributed by atoms with Crippen LogP contribution in [-0.4, -0.2) is 11.5 Å². The minimum Gasteiger partial charge on any atom is -0.330 e. The molecule has 1 heterocycles. The fraction of sp³-hybridized carbons (Fsp3) is 0.400. The van der Waals surface area contributed by atoms with Crippen LogP contribution in [0.4, 0.5) is 0 Å². The normalized spacial score (nSPS) is 18.6. The lowest BCUT2D eigenvalue weighted by atomic mass is 9.78. The summed E-state index contributed by atoms with van der Waals surface area (Å²) in [4.78, 5) is 4.15. The van der Waals surface area contributed by atoms with Gasteiger partial charge in [0.1, 0.15) is 0 Å². The molecule has 1 aliphatic rings. The highest BCUT2D eigenvalue weighted by Crippen LogP contribution is 2.40. The zero-order valence-electron chi connectivity index (χ0n) is 10.0. The second-order valence-corrected chi connectivity index (χ2v) is 5.13. The number of nitrogens with two attached hydrogens (primary N) is 1. The molecule has 2 nitrogen and oxygen atoms in total. The van der Waals surface area contributed by atoms with Gasteiger partial charge >= 0.3 is 0 Å². The van der Waals surface area contributed by atoms with Crippen molar-refractivity contribution < 1.29 is 0 Å². The van der Waals surface area contributed by atoms with Crippen LogP contribution in [0, 0.1) is 0 Å². The van der Waals surface area contributed by atoms with E-state index in [0.717, 1.165) is 6.54 Å². The molecule has 0 saturated heterocycles. The Kier molecular flexibility index (Phi) is 2.60. The summed E-state index contributed by atoms with van der Waals surface area (Å²) in [6, 6.07) is 8.79. The standard InChI is InChI=1S/C15H18N2/c16-11-15(6-1-2-7-15)14-4-3-13-10-17-8-5-12(13)9-14/h3-5,8-10H,1-2,6-7,11,16H2. The molecule has 1 aliphatic carbocycles. The highest BCUT2D eigenvalue weighted by atomic mass is 14.6. The molecule has 2 N–H and O–H groups in total. The van der Waals surface area contributed by atoms with Crippen molar-refractivity contribution in [2.45, 2.75) is 31.1 Å². The summed E-state index contributed by atoms with van der Waals surface area (Å²) in [5.74, 6) is 0. The van der Waals surface area contributed by atoms with Crippen LogP contribution in [0.3, 0.4) is 0 Å². The molecule has 0 bridgehead atoms. The van der Waals surface area contributed by atoms with E-state index >= 15 is 0 Å². The van der Waals surface area contributed by atoms with Gasteiger partial charge < -0.3 is 5.73 Å². The third-order valence-electron chi connectivity index (χ3n) is 4.20. The summed E-state index contributed by atoms with van der Waals surface area (Å²) >= 11 is 0. The number of hydrogen-bond acceptors (Lipinski definition) is 2. The lowest BCUT2D eigenvalue weighted by Gasteiger charge is -2.28. The van der Waals surface area contributed by atoms with Crippen molar-refractivity contribution in [2.24, 2.45) is 5.73 Å². The Hall–Kier alpha value is -1.41. The van der Waals surface area contributed by atoms with Crippen molar-refractivity contribution in [3.63, 3.8) is 0 Å². The van der Waals surface area contributed by atoms with Crippen LogP contribution in [0.25, 0.3) is 10.8 Å².